The number of hydrogen-bond acceptors (Lipinski definition) is 5. The van der Waals surface area contributed by atoms with Gasteiger partial charge in [-0.05, 0) is 31.4 Å². The standard InChI is InChI=1S/C22H23FN4O4/c1-12-4-5-13(16(23)7-12)8-24-21(30)15-10-25-11-17-26-6-2-3-14(26)9-27(17)22(31)18(25)20(29)19(15)28/h4-5,7,10,14,17,29H,2-3,6,8-9,11H2,1H3,(H,24,30). The second-order valence-corrected chi connectivity index (χ2v) is 8.47. The van der Waals surface area contributed by atoms with Crippen LogP contribution < -0.4 is 10.7 Å². The molecule has 4 heterocycles. The summed E-state index contributed by atoms with van der Waals surface area (Å²) >= 11 is 0. The first kappa shape index (κ1) is 19.7. The Morgan fingerprint density at radius 1 is 1.29 bits per heavy atom. The lowest BCUT2D eigenvalue weighted by Crippen LogP contribution is -2.50. The van der Waals surface area contributed by atoms with Gasteiger partial charge < -0.3 is 19.9 Å². The number of nitrogens with zero attached hydrogens (tertiary/aromatic N) is 3. The molecule has 2 atom stereocenters. The summed E-state index contributed by atoms with van der Waals surface area (Å²) in [5.74, 6) is -2.29. The van der Waals surface area contributed by atoms with E-state index in [0.717, 1.165) is 24.9 Å². The van der Waals surface area contributed by atoms with E-state index < -0.39 is 28.8 Å². The summed E-state index contributed by atoms with van der Waals surface area (Å²) in [6.45, 7) is 3.52. The van der Waals surface area contributed by atoms with Crippen molar-refractivity contribution in [2.45, 2.75) is 45.1 Å². The molecule has 0 spiro atoms. The molecule has 0 saturated carbocycles. The summed E-state index contributed by atoms with van der Waals surface area (Å²) in [6.07, 6.45) is 3.28. The molecule has 3 aliphatic rings. The van der Waals surface area contributed by atoms with Crippen LogP contribution in [0, 0.1) is 12.7 Å². The minimum Gasteiger partial charge on any atom is -0.503 e. The zero-order valence-electron chi connectivity index (χ0n) is 17.1. The van der Waals surface area contributed by atoms with Gasteiger partial charge in [-0.15, -0.1) is 0 Å². The molecule has 1 aromatic carbocycles. The smallest absolute Gasteiger partial charge is 0.275 e. The number of halogens is 1. The second-order valence-electron chi connectivity index (χ2n) is 8.47. The van der Waals surface area contributed by atoms with Gasteiger partial charge in [-0.3, -0.25) is 19.3 Å². The van der Waals surface area contributed by atoms with Gasteiger partial charge in [0.25, 0.3) is 11.8 Å². The van der Waals surface area contributed by atoms with Crippen molar-refractivity contribution in [3.63, 3.8) is 0 Å². The Hall–Kier alpha value is -3.20. The van der Waals surface area contributed by atoms with Gasteiger partial charge in [0.2, 0.25) is 5.43 Å². The second kappa shape index (κ2) is 7.19. The third-order valence-corrected chi connectivity index (χ3v) is 6.54. The quantitative estimate of drug-likeness (QED) is 0.769. The van der Waals surface area contributed by atoms with E-state index >= 15 is 0 Å². The first-order chi connectivity index (χ1) is 14.8. The summed E-state index contributed by atoms with van der Waals surface area (Å²) in [6, 6.07) is 4.97. The van der Waals surface area contributed by atoms with E-state index in [0.29, 0.717) is 19.1 Å². The molecule has 3 aliphatic heterocycles. The third-order valence-electron chi connectivity index (χ3n) is 6.54. The van der Waals surface area contributed by atoms with Gasteiger partial charge in [0, 0.05) is 37.4 Å². The maximum Gasteiger partial charge on any atom is 0.275 e. The lowest BCUT2D eigenvalue weighted by Gasteiger charge is -2.35. The molecule has 1 aromatic heterocycles. The number of hydrogen-bond donors (Lipinski definition) is 2. The summed E-state index contributed by atoms with van der Waals surface area (Å²) in [5, 5.41) is 13.0. The van der Waals surface area contributed by atoms with Crippen molar-refractivity contribution >= 4 is 11.8 Å². The monoisotopic (exact) mass is 426 g/mol. The highest BCUT2D eigenvalue weighted by atomic mass is 19.1. The largest absolute Gasteiger partial charge is 0.503 e. The maximum atomic E-state index is 14.0. The Labute approximate surface area is 177 Å². The molecule has 0 aliphatic carbocycles. The van der Waals surface area contributed by atoms with E-state index in [9.17, 15) is 23.9 Å². The molecule has 162 valence electrons. The van der Waals surface area contributed by atoms with Crippen molar-refractivity contribution in [3.05, 3.63) is 62.8 Å². The number of fused-ring (bicyclic) bond motifs is 4. The van der Waals surface area contributed by atoms with Gasteiger partial charge in [0.1, 0.15) is 17.5 Å². The number of pyridine rings is 1. The fourth-order valence-electron chi connectivity index (χ4n) is 4.95. The van der Waals surface area contributed by atoms with Crippen LogP contribution in [0.5, 0.6) is 5.75 Å². The molecule has 2 amide bonds. The fourth-order valence-corrected chi connectivity index (χ4v) is 4.95. The van der Waals surface area contributed by atoms with Crippen LogP contribution in [0.3, 0.4) is 0 Å². The van der Waals surface area contributed by atoms with Gasteiger partial charge in [-0.1, -0.05) is 12.1 Å². The van der Waals surface area contributed by atoms with Crippen LogP contribution in [0.15, 0.2) is 29.2 Å². The Morgan fingerprint density at radius 2 is 2.10 bits per heavy atom. The van der Waals surface area contributed by atoms with Crippen LogP contribution in [-0.2, 0) is 13.1 Å². The molecule has 8 nitrogen and oxygen atoms in total. The van der Waals surface area contributed by atoms with Crippen LogP contribution in [-0.4, -0.2) is 56.6 Å². The van der Waals surface area contributed by atoms with E-state index in [4.69, 9.17) is 0 Å². The summed E-state index contributed by atoms with van der Waals surface area (Å²) < 4.78 is 15.5. The van der Waals surface area contributed by atoms with Gasteiger partial charge in [0.05, 0.1) is 6.54 Å². The first-order valence-corrected chi connectivity index (χ1v) is 10.4. The van der Waals surface area contributed by atoms with Gasteiger partial charge >= 0.3 is 0 Å². The fraction of sp³-hybridized carbons (Fsp3) is 0.409. The van der Waals surface area contributed by atoms with Crippen molar-refractivity contribution in [1.29, 1.82) is 0 Å². The van der Waals surface area contributed by atoms with Crippen molar-refractivity contribution in [1.82, 2.24) is 19.7 Å². The summed E-state index contributed by atoms with van der Waals surface area (Å²) in [5.41, 5.74) is -0.205. The Kier molecular flexibility index (Phi) is 4.58. The molecular formula is C22H23FN4O4. The maximum absolute atomic E-state index is 14.0. The van der Waals surface area contributed by atoms with Gasteiger partial charge in [0.15, 0.2) is 11.4 Å². The highest BCUT2D eigenvalue weighted by Crippen LogP contribution is 2.35. The lowest BCUT2D eigenvalue weighted by molar-refractivity contribution is 0.0513. The third kappa shape index (κ3) is 3.11. The minimum atomic E-state index is -0.903. The van der Waals surface area contributed by atoms with Crippen LogP contribution in [0.1, 0.15) is 44.8 Å². The van der Waals surface area contributed by atoms with Crippen molar-refractivity contribution in [2.24, 2.45) is 0 Å². The van der Waals surface area contributed by atoms with Crippen molar-refractivity contribution < 1.29 is 19.1 Å². The van der Waals surface area contributed by atoms with Crippen molar-refractivity contribution in [3.8, 4) is 5.75 Å². The Morgan fingerprint density at radius 3 is 2.87 bits per heavy atom. The number of nitrogens with one attached hydrogen (secondary N) is 1. The van der Waals surface area contributed by atoms with E-state index in [2.05, 4.69) is 10.2 Å². The minimum absolute atomic E-state index is 0.0800. The number of carbonyl (C=O) groups excluding carboxylic acids is 2. The van der Waals surface area contributed by atoms with Crippen molar-refractivity contribution in [2.75, 3.05) is 13.1 Å². The normalized spacial score (nSPS) is 22.3. The molecule has 5 rings (SSSR count). The zero-order valence-corrected chi connectivity index (χ0v) is 17.1. The molecule has 2 saturated heterocycles. The predicted molar refractivity (Wildman–Crippen MR) is 109 cm³/mol. The molecular weight excluding hydrogens is 403 g/mol. The first-order valence-electron chi connectivity index (χ1n) is 10.4. The molecule has 2 fully saturated rings. The molecule has 2 N–H and O–H groups in total. The summed E-state index contributed by atoms with van der Waals surface area (Å²) in [7, 11) is 0. The predicted octanol–water partition coefficient (Wildman–Crippen LogP) is 1.19. The zero-order chi connectivity index (χ0) is 21.9. The SMILES string of the molecule is Cc1ccc(CNC(=O)c2cn3c(c(O)c2=O)C(=O)N2CC4CCCN4C2C3)c(F)c1. The van der Waals surface area contributed by atoms with E-state index in [1.807, 2.05) is 0 Å². The molecule has 9 heteroatoms. The number of aromatic nitrogens is 1. The van der Waals surface area contributed by atoms with E-state index in [1.54, 1.807) is 24.0 Å². The number of rotatable bonds is 3. The number of amides is 2. The molecule has 2 aromatic rings. The van der Waals surface area contributed by atoms with Gasteiger partial charge in [-0.2, -0.15) is 0 Å². The number of carbonyl (C=O) groups is 2. The topological polar surface area (TPSA) is 94.9 Å². The van der Waals surface area contributed by atoms with Crippen LogP contribution in [0.4, 0.5) is 4.39 Å². The molecule has 0 radical (unpaired) electrons. The average Bonchev–Trinajstić information content (AvgIpc) is 3.32. The van der Waals surface area contributed by atoms with E-state index in [-0.39, 0.29) is 29.5 Å². The van der Waals surface area contributed by atoms with E-state index in [1.165, 1.54) is 16.8 Å². The molecule has 2 unspecified atom stereocenters. The Bertz CT molecular complexity index is 1160. The highest BCUT2D eigenvalue weighted by molar-refractivity contribution is 5.99. The van der Waals surface area contributed by atoms with Crippen LogP contribution in [0.2, 0.25) is 0 Å². The number of benzene rings is 1. The van der Waals surface area contributed by atoms with Crippen LogP contribution in [0.25, 0.3) is 0 Å². The number of aromatic hydroxyl groups is 1. The Balaban J connectivity index is 1.43. The van der Waals surface area contributed by atoms with Gasteiger partial charge in [-0.25, -0.2) is 4.39 Å². The summed E-state index contributed by atoms with van der Waals surface area (Å²) in [4.78, 5) is 42.3. The lowest BCUT2D eigenvalue weighted by atomic mass is 10.1. The molecule has 0 bridgehead atoms. The molecule has 31 heavy (non-hydrogen) atoms. The number of aryl methyl sites for hydroxylation is 1. The van der Waals surface area contributed by atoms with Crippen LogP contribution >= 0.6 is 0 Å². The highest BCUT2D eigenvalue weighted by Gasteiger charge is 2.48. The average molecular weight is 426 g/mol.